The van der Waals surface area contributed by atoms with Crippen LogP contribution in [0.5, 0.6) is 5.75 Å². The SMILES string of the molecule is COc1cc(C(=O)NC[C@@](N)(C(=O)O)S(=O)(=O)c2ccc(C(=O)O)cc2)ccc1N1CCC(NC2=NCCCN2)CC1. The largest absolute Gasteiger partial charge is 0.495 e. The van der Waals surface area contributed by atoms with Crippen molar-refractivity contribution in [2.45, 2.75) is 35.1 Å². The van der Waals surface area contributed by atoms with Crippen molar-refractivity contribution in [2.24, 2.45) is 10.7 Å². The molecule has 0 saturated carbocycles. The number of methoxy groups -OCH3 is 1. The predicted molar refractivity (Wildman–Crippen MR) is 154 cm³/mol. The Morgan fingerprint density at radius 1 is 1.12 bits per heavy atom. The van der Waals surface area contributed by atoms with Crippen LogP contribution in [0, 0.1) is 0 Å². The summed E-state index contributed by atoms with van der Waals surface area (Å²) in [6.07, 6.45) is 2.76. The molecule has 0 aliphatic carbocycles. The van der Waals surface area contributed by atoms with E-state index in [0.29, 0.717) is 5.75 Å². The Bertz CT molecular complexity index is 1470. The molecule has 226 valence electrons. The van der Waals surface area contributed by atoms with Gasteiger partial charge in [0.15, 0.2) is 5.96 Å². The standard InChI is InChI=1S/C27H34N6O8S/c1-41-22-15-18(5-8-21(22)33-13-9-19(10-14-33)32-26-29-11-2-12-30-26)23(34)31-16-27(28,25(37)38)42(39,40)20-6-3-17(4-7-20)24(35)36/h3-8,15,19H,2,9-14,16,28H2,1H3,(H,31,34)(H,35,36)(H,37,38)(H2,29,30,32)/t27-/m0/s1. The molecule has 0 radical (unpaired) electrons. The van der Waals surface area contributed by atoms with E-state index in [1.165, 1.54) is 19.2 Å². The van der Waals surface area contributed by atoms with Crippen molar-refractivity contribution in [2.75, 3.05) is 44.7 Å². The zero-order valence-electron chi connectivity index (χ0n) is 23.0. The molecule has 1 fully saturated rings. The van der Waals surface area contributed by atoms with Crippen LogP contribution in [0.1, 0.15) is 40.0 Å². The third-order valence-corrected chi connectivity index (χ3v) is 9.45. The van der Waals surface area contributed by atoms with Gasteiger partial charge in [-0.1, -0.05) is 0 Å². The third-order valence-electron chi connectivity index (χ3n) is 7.28. The summed E-state index contributed by atoms with van der Waals surface area (Å²) in [7, 11) is -3.27. The second-order valence-corrected chi connectivity index (χ2v) is 12.2. The van der Waals surface area contributed by atoms with Gasteiger partial charge in [-0.05, 0) is 61.7 Å². The molecule has 2 aromatic rings. The first-order valence-electron chi connectivity index (χ1n) is 13.3. The van der Waals surface area contributed by atoms with Crippen LogP contribution in [0.2, 0.25) is 0 Å². The molecule has 42 heavy (non-hydrogen) atoms. The number of nitrogens with zero attached hydrogens (tertiary/aromatic N) is 2. The fraction of sp³-hybridized carbons (Fsp3) is 0.407. The minimum atomic E-state index is -4.75. The molecular formula is C27H34N6O8S. The first kappa shape index (κ1) is 30.6. The van der Waals surface area contributed by atoms with E-state index in [2.05, 4.69) is 25.8 Å². The van der Waals surface area contributed by atoms with E-state index in [1.54, 1.807) is 6.07 Å². The first-order chi connectivity index (χ1) is 20.0. The number of aliphatic carboxylic acids is 1. The molecule has 2 heterocycles. The molecule has 1 amide bonds. The highest BCUT2D eigenvalue weighted by Gasteiger charge is 2.49. The average Bonchev–Trinajstić information content (AvgIpc) is 3.00. The Morgan fingerprint density at radius 3 is 2.36 bits per heavy atom. The van der Waals surface area contributed by atoms with Crippen LogP contribution in [-0.2, 0) is 14.6 Å². The van der Waals surface area contributed by atoms with Gasteiger partial charge in [0.2, 0.25) is 14.7 Å². The summed E-state index contributed by atoms with van der Waals surface area (Å²) in [6.45, 7) is 2.25. The Balaban J connectivity index is 1.43. The summed E-state index contributed by atoms with van der Waals surface area (Å²) in [5.74, 6) is -2.66. The Hall–Kier alpha value is -4.37. The van der Waals surface area contributed by atoms with Gasteiger partial charge in [-0.3, -0.25) is 9.79 Å². The molecule has 15 heteroatoms. The van der Waals surface area contributed by atoms with Crippen molar-refractivity contribution in [3.05, 3.63) is 53.6 Å². The highest BCUT2D eigenvalue weighted by molar-refractivity contribution is 7.93. The number of carboxylic acid groups (broad SMARTS) is 2. The number of nitrogens with two attached hydrogens (primary N) is 1. The number of aliphatic imine (C=N–C) groups is 1. The van der Waals surface area contributed by atoms with Gasteiger partial charge < -0.3 is 41.5 Å². The lowest BCUT2D eigenvalue weighted by Gasteiger charge is -2.35. The topological polar surface area (TPSA) is 213 Å². The number of carbonyl (C=O) groups excluding carboxylic acids is 1. The van der Waals surface area contributed by atoms with Gasteiger partial charge in [-0.25, -0.2) is 18.0 Å². The summed E-state index contributed by atoms with van der Waals surface area (Å²) >= 11 is 0. The molecule has 2 aliphatic rings. The van der Waals surface area contributed by atoms with Crippen LogP contribution in [0.4, 0.5) is 5.69 Å². The van der Waals surface area contributed by atoms with E-state index >= 15 is 0 Å². The number of nitrogens with one attached hydrogen (secondary N) is 3. The number of sulfone groups is 1. The molecule has 14 nitrogen and oxygen atoms in total. The van der Waals surface area contributed by atoms with E-state index in [1.807, 2.05) is 0 Å². The number of piperidine rings is 1. The smallest absolute Gasteiger partial charge is 0.341 e. The quantitative estimate of drug-likeness (QED) is 0.216. The second kappa shape index (κ2) is 12.7. The van der Waals surface area contributed by atoms with Crippen molar-refractivity contribution in [3.63, 3.8) is 0 Å². The van der Waals surface area contributed by atoms with E-state index in [4.69, 9.17) is 15.6 Å². The number of hydrogen-bond donors (Lipinski definition) is 6. The van der Waals surface area contributed by atoms with E-state index < -0.39 is 44.0 Å². The van der Waals surface area contributed by atoms with Crippen molar-refractivity contribution in [1.29, 1.82) is 0 Å². The fourth-order valence-electron chi connectivity index (χ4n) is 4.75. The Labute approximate surface area is 242 Å². The normalized spacial score (nSPS) is 17.3. The van der Waals surface area contributed by atoms with E-state index in [0.717, 1.165) is 81.4 Å². The fourth-order valence-corrected chi connectivity index (χ4v) is 6.16. The lowest BCUT2D eigenvalue weighted by Crippen LogP contribution is -2.61. The van der Waals surface area contributed by atoms with Crippen LogP contribution in [0.3, 0.4) is 0 Å². The molecule has 1 saturated heterocycles. The van der Waals surface area contributed by atoms with Gasteiger partial charge in [-0.15, -0.1) is 0 Å². The van der Waals surface area contributed by atoms with Crippen molar-refractivity contribution in [1.82, 2.24) is 16.0 Å². The number of carbonyl (C=O) groups is 3. The Morgan fingerprint density at radius 2 is 1.79 bits per heavy atom. The minimum absolute atomic E-state index is 0.115. The monoisotopic (exact) mass is 602 g/mol. The van der Waals surface area contributed by atoms with E-state index in [9.17, 15) is 27.9 Å². The maximum Gasteiger partial charge on any atom is 0.341 e. The average molecular weight is 603 g/mol. The number of ether oxygens (including phenoxy) is 1. The predicted octanol–water partition coefficient (Wildman–Crippen LogP) is 0.244. The molecule has 2 aliphatic heterocycles. The second-order valence-electron chi connectivity index (χ2n) is 10.0. The molecule has 7 N–H and O–H groups in total. The van der Waals surface area contributed by atoms with Gasteiger partial charge in [0.05, 0.1) is 29.8 Å². The number of aromatic carboxylic acids is 1. The van der Waals surface area contributed by atoms with Gasteiger partial charge >= 0.3 is 11.9 Å². The Kier molecular flexibility index (Phi) is 9.21. The molecule has 0 spiro atoms. The number of anilines is 1. The van der Waals surface area contributed by atoms with Crippen LogP contribution in [-0.4, -0.2) is 93.2 Å². The molecule has 0 bridgehead atoms. The molecule has 4 rings (SSSR count). The molecule has 0 aromatic heterocycles. The van der Waals surface area contributed by atoms with Gasteiger partial charge in [0, 0.05) is 37.8 Å². The van der Waals surface area contributed by atoms with Crippen LogP contribution in [0.15, 0.2) is 52.4 Å². The maximum absolute atomic E-state index is 13.1. The number of amides is 1. The van der Waals surface area contributed by atoms with Crippen LogP contribution in [0.25, 0.3) is 0 Å². The highest BCUT2D eigenvalue weighted by atomic mass is 32.2. The molecule has 1 atom stereocenters. The number of rotatable bonds is 10. The number of benzene rings is 2. The minimum Gasteiger partial charge on any atom is -0.495 e. The molecular weight excluding hydrogens is 568 g/mol. The maximum atomic E-state index is 13.1. The number of hydrogen-bond acceptors (Lipinski definition) is 11. The summed E-state index contributed by atoms with van der Waals surface area (Å²) < 4.78 is 31.8. The number of carboxylic acids is 2. The zero-order chi connectivity index (χ0) is 30.5. The van der Waals surface area contributed by atoms with Gasteiger partial charge in [-0.2, -0.15) is 0 Å². The zero-order valence-corrected chi connectivity index (χ0v) is 23.8. The van der Waals surface area contributed by atoms with E-state index in [-0.39, 0.29) is 17.2 Å². The summed E-state index contributed by atoms with van der Waals surface area (Å²) in [5.41, 5.74) is 6.57. The lowest BCUT2D eigenvalue weighted by molar-refractivity contribution is -0.139. The van der Waals surface area contributed by atoms with Crippen LogP contribution < -0.4 is 31.3 Å². The number of guanidine groups is 1. The van der Waals surface area contributed by atoms with Gasteiger partial charge in [0.1, 0.15) is 5.75 Å². The molecule has 2 aromatic carbocycles. The summed E-state index contributed by atoms with van der Waals surface area (Å²) in [4.78, 5) is 39.3. The van der Waals surface area contributed by atoms with Gasteiger partial charge in [0.25, 0.3) is 5.91 Å². The summed E-state index contributed by atoms with van der Waals surface area (Å²) in [6, 6.07) is 8.98. The highest BCUT2D eigenvalue weighted by Crippen LogP contribution is 2.32. The third kappa shape index (κ3) is 6.41. The first-order valence-corrected chi connectivity index (χ1v) is 14.8. The molecule has 0 unspecified atom stereocenters. The van der Waals surface area contributed by atoms with Crippen molar-refractivity contribution >= 4 is 39.3 Å². The van der Waals surface area contributed by atoms with Crippen molar-refractivity contribution in [3.8, 4) is 5.75 Å². The van der Waals surface area contributed by atoms with Crippen LogP contribution >= 0.6 is 0 Å². The lowest BCUT2D eigenvalue weighted by atomic mass is 10.0. The van der Waals surface area contributed by atoms with Crippen molar-refractivity contribution < 1.29 is 37.8 Å². The summed E-state index contributed by atoms with van der Waals surface area (Å²) in [5, 5.41) is 27.8.